The number of methoxy groups -OCH3 is 1. The van der Waals surface area contributed by atoms with E-state index in [1.165, 1.54) is 0 Å². The summed E-state index contributed by atoms with van der Waals surface area (Å²) in [5, 5.41) is 7.74. The van der Waals surface area contributed by atoms with E-state index in [1.54, 1.807) is 18.4 Å². The van der Waals surface area contributed by atoms with E-state index < -0.39 is 0 Å². The molecule has 0 saturated heterocycles. The fraction of sp³-hybridized carbons (Fsp3) is 0.263. The second-order valence-corrected chi connectivity index (χ2v) is 6.47. The van der Waals surface area contributed by atoms with Crippen LogP contribution in [0.2, 0.25) is 0 Å². The van der Waals surface area contributed by atoms with Crippen molar-refractivity contribution in [3.8, 4) is 11.6 Å². The van der Waals surface area contributed by atoms with E-state index in [0.29, 0.717) is 5.88 Å². The number of ether oxygens (including phenoxy) is 2. The van der Waals surface area contributed by atoms with Crippen LogP contribution in [-0.4, -0.2) is 28.7 Å². The van der Waals surface area contributed by atoms with Crippen LogP contribution >= 0.6 is 11.3 Å². The molecule has 2 aromatic heterocycles. The van der Waals surface area contributed by atoms with Crippen molar-refractivity contribution in [1.29, 1.82) is 0 Å². The molecular formula is C19H21N3O2S. The maximum atomic E-state index is 5.62. The number of aryl methyl sites for hydroxylation is 2. The van der Waals surface area contributed by atoms with Crippen LogP contribution < -0.4 is 4.74 Å². The van der Waals surface area contributed by atoms with Gasteiger partial charge in [-0.3, -0.25) is 0 Å². The average molecular weight is 355 g/mol. The number of nitrogens with zero attached hydrogens (tertiary/aromatic N) is 3. The summed E-state index contributed by atoms with van der Waals surface area (Å²) in [6, 6.07) is 8.10. The molecule has 25 heavy (non-hydrogen) atoms. The van der Waals surface area contributed by atoms with Crippen LogP contribution in [0.1, 0.15) is 28.8 Å². The maximum Gasteiger partial charge on any atom is 0.242 e. The summed E-state index contributed by atoms with van der Waals surface area (Å²) < 4.78 is 12.5. The molecule has 0 aliphatic carbocycles. The van der Waals surface area contributed by atoms with E-state index >= 15 is 0 Å². The van der Waals surface area contributed by atoms with E-state index in [-0.39, 0.29) is 6.79 Å². The predicted octanol–water partition coefficient (Wildman–Crippen LogP) is 4.35. The number of hydrogen-bond acceptors (Lipinski definition) is 5. The largest absolute Gasteiger partial charge is 0.449 e. The minimum atomic E-state index is 0.155. The Morgan fingerprint density at radius 3 is 2.80 bits per heavy atom. The highest BCUT2D eigenvalue weighted by atomic mass is 32.1. The summed E-state index contributed by atoms with van der Waals surface area (Å²) in [7, 11) is 1.59. The van der Waals surface area contributed by atoms with Gasteiger partial charge in [-0.2, -0.15) is 0 Å². The number of benzene rings is 1. The van der Waals surface area contributed by atoms with Gasteiger partial charge in [-0.25, -0.2) is 9.67 Å². The van der Waals surface area contributed by atoms with E-state index in [2.05, 4.69) is 35.4 Å². The van der Waals surface area contributed by atoms with E-state index in [0.717, 1.165) is 33.9 Å². The van der Waals surface area contributed by atoms with Gasteiger partial charge in [0.15, 0.2) is 6.79 Å². The molecule has 0 N–H and O–H groups in total. The number of hydrogen-bond donors (Lipinski definition) is 0. The SMILES string of the molecule is CCc1nc(C=Cc2cn(-c3ccccc3C)nc2OCOC)cs1. The minimum Gasteiger partial charge on any atom is -0.449 e. The maximum absolute atomic E-state index is 5.62. The van der Waals surface area contributed by atoms with Crippen LogP contribution in [0.5, 0.6) is 5.88 Å². The van der Waals surface area contributed by atoms with Gasteiger partial charge in [0.05, 0.1) is 22.0 Å². The normalized spacial score (nSPS) is 11.3. The highest BCUT2D eigenvalue weighted by Crippen LogP contribution is 2.23. The van der Waals surface area contributed by atoms with Crippen LogP contribution in [0.15, 0.2) is 35.8 Å². The molecule has 0 radical (unpaired) electrons. The Morgan fingerprint density at radius 2 is 2.08 bits per heavy atom. The topological polar surface area (TPSA) is 49.2 Å². The zero-order chi connectivity index (χ0) is 17.6. The van der Waals surface area contributed by atoms with Crippen LogP contribution in [0.4, 0.5) is 0 Å². The molecule has 1 aromatic carbocycles. The first-order valence-electron chi connectivity index (χ1n) is 8.11. The lowest BCUT2D eigenvalue weighted by atomic mass is 10.2. The van der Waals surface area contributed by atoms with Gasteiger partial charge in [-0.1, -0.05) is 25.1 Å². The fourth-order valence-corrected chi connectivity index (χ4v) is 3.11. The molecule has 0 amide bonds. The van der Waals surface area contributed by atoms with Gasteiger partial charge in [0, 0.05) is 18.7 Å². The Morgan fingerprint density at radius 1 is 1.24 bits per heavy atom. The smallest absolute Gasteiger partial charge is 0.242 e. The van der Waals surface area contributed by atoms with Gasteiger partial charge >= 0.3 is 0 Å². The molecule has 0 bridgehead atoms. The molecular weight excluding hydrogens is 334 g/mol. The van der Waals surface area contributed by atoms with Gasteiger partial charge < -0.3 is 9.47 Å². The molecule has 0 fully saturated rings. The van der Waals surface area contributed by atoms with Crippen molar-refractivity contribution in [1.82, 2.24) is 14.8 Å². The summed E-state index contributed by atoms with van der Waals surface area (Å²) in [6.45, 7) is 4.32. The van der Waals surface area contributed by atoms with E-state index in [4.69, 9.17) is 9.47 Å². The third-order valence-corrected chi connectivity index (χ3v) is 4.70. The predicted molar refractivity (Wildman–Crippen MR) is 101 cm³/mol. The van der Waals surface area contributed by atoms with Crippen molar-refractivity contribution in [2.75, 3.05) is 13.9 Å². The fourth-order valence-electron chi connectivity index (χ4n) is 2.40. The minimum absolute atomic E-state index is 0.155. The number of rotatable bonds is 7. The number of para-hydroxylation sites is 1. The lowest BCUT2D eigenvalue weighted by Crippen LogP contribution is -2.02. The second kappa shape index (κ2) is 8.09. The third kappa shape index (κ3) is 4.15. The molecule has 0 aliphatic heterocycles. The molecule has 0 spiro atoms. The van der Waals surface area contributed by atoms with E-state index in [1.807, 2.05) is 41.2 Å². The first-order valence-corrected chi connectivity index (χ1v) is 8.99. The van der Waals surface area contributed by atoms with Crippen LogP contribution in [-0.2, 0) is 11.2 Å². The van der Waals surface area contributed by atoms with Gasteiger partial charge in [-0.15, -0.1) is 16.4 Å². The monoisotopic (exact) mass is 355 g/mol. The van der Waals surface area contributed by atoms with Crippen molar-refractivity contribution < 1.29 is 9.47 Å². The molecule has 2 heterocycles. The summed E-state index contributed by atoms with van der Waals surface area (Å²) in [5.41, 5.74) is 3.99. The molecule has 5 nitrogen and oxygen atoms in total. The molecule has 3 aromatic rings. The van der Waals surface area contributed by atoms with Gasteiger partial charge in [0.25, 0.3) is 0 Å². The first kappa shape index (κ1) is 17.4. The number of thiazole rings is 1. The lowest BCUT2D eigenvalue weighted by Gasteiger charge is -2.04. The Kier molecular flexibility index (Phi) is 5.63. The Bertz CT molecular complexity index is 867. The zero-order valence-corrected chi connectivity index (χ0v) is 15.4. The lowest BCUT2D eigenvalue weighted by molar-refractivity contribution is 0.0474. The molecule has 0 aliphatic rings. The summed E-state index contributed by atoms with van der Waals surface area (Å²) in [4.78, 5) is 4.55. The average Bonchev–Trinajstić information content (AvgIpc) is 3.25. The molecule has 0 unspecified atom stereocenters. The van der Waals surface area contributed by atoms with Crippen LogP contribution in [0, 0.1) is 6.92 Å². The Balaban J connectivity index is 1.92. The summed E-state index contributed by atoms with van der Waals surface area (Å²) in [6.07, 6.45) is 6.86. The standard InChI is InChI=1S/C19H21N3O2S/c1-4-18-20-16(12-25-18)10-9-15-11-22(21-19(15)24-13-23-3)17-8-6-5-7-14(17)2/h5-12H,4,13H2,1-3H3. The second-order valence-electron chi connectivity index (χ2n) is 5.52. The van der Waals surface area contributed by atoms with Gasteiger partial charge in [0.1, 0.15) is 0 Å². The Labute approximate surface area is 151 Å². The number of aromatic nitrogens is 3. The first-order chi connectivity index (χ1) is 12.2. The van der Waals surface area contributed by atoms with Crippen LogP contribution in [0.3, 0.4) is 0 Å². The van der Waals surface area contributed by atoms with Crippen molar-refractivity contribution in [3.63, 3.8) is 0 Å². The van der Waals surface area contributed by atoms with Crippen molar-refractivity contribution >= 4 is 23.5 Å². The summed E-state index contributed by atoms with van der Waals surface area (Å²) in [5.74, 6) is 0.535. The molecule has 3 rings (SSSR count). The zero-order valence-electron chi connectivity index (χ0n) is 14.6. The van der Waals surface area contributed by atoms with E-state index in [9.17, 15) is 0 Å². The quantitative estimate of drug-likeness (QED) is 0.591. The molecule has 0 atom stereocenters. The molecule has 6 heteroatoms. The van der Waals surface area contributed by atoms with Crippen molar-refractivity contribution in [3.05, 3.63) is 57.7 Å². The third-order valence-electron chi connectivity index (χ3n) is 3.69. The van der Waals surface area contributed by atoms with Crippen LogP contribution in [0.25, 0.3) is 17.8 Å². The Hall–Kier alpha value is -2.44. The summed E-state index contributed by atoms with van der Waals surface area (Å²) >= 11 is 1.67. The molecule has 0 saturated carbocycles. The highest BCUT2D eigenvalue weighted by molar-refractivity contribution is 7.09. The highest BCUT2D eigenvalue weighted by Gasteiger charge is 2.11. The van der Waals surface area contributed by atoms with Crippen molar-refractivity contribution in [2.24, 2.45) is 0 Å². The van der Waals surface area contributed by atoms with Gasteiger partial charge in [-0.05, 0) is 37.1 Å². The molecule has 130 valence electrons. The van der Waals surface area contributed by atoms with Crippen molar-refractivity contribution in [2.45, 2.75) is 20.3 Å². The van der Waals surface area contributed by atoms with Gasteiger partial charge in [0.2, 0.25) is 5.88 Å².